The second kappa shape index (κ2) is 4.96. The van der Waals surface area contributed by atoms with Gasteiger partial charge in [0.2, 0.25) is 0 Å². The Kier molecular flexibility index (Phi) is 3.84. The molecular formula is C10H9F3N2O2. The summed E-state index contributed by atoms with van der Waals surface area (Å²) in [5, 5.41) is 10.5. The lowest BCUT2D eigenvalue weighted by atomic mass is 10.1. The van der Waals surface area contributed by atoms with Crippen LogP contribution >= 0.6 is 0 Å². The van der Waals surface area contributed by atoms with E-state index in [0.717, 1.165) is 12.1 Å². The summed E-state index contributed by atoms with van der Waals surface area (Å²) in [6.07, 6.45) is -1.89. The predicted octanol–water partition coefficient (Wildman–Crippen LogP) is 2.59. The smallest absolute Gasteiger partial charge is 0.327 e. The molecule has 0 heterocycles. The molecule has 17 heavy (non-hydrogen) atoms. The van der Waals surface area contributed by atoms with Crippen LogP contribution in [-0.2, 0) is 6.18 Å². The third kappa shape index (κ3) is 3.56. The first-order valence-corrected chi connectivity index (χ1v) is 4.58. The van der Waals surface area contributed by atoms with Crippen molar-refractivity contribution in [2.45, 2.75) is 6.18 Å². The highest BCUT2D eigenvalue weighted by Gasteiger charge is 2.32. The Morgan fingerprint density at radius 1 is 1.35 bits per heavy atom. The number of alkyl halides is 3. The number of halogens is 3. The van der Waals surface area contributed by atoms with Crippen LogP contribution in [0.1, 0.15) is 11.1 Å². The molecular weight excluding hydrogens is 237 g/mol. The Morgan fingerprint density at radius 3 is 2.47 bits per heavy atom. The average molecular weight is 246 g/mol. The lowest BCUT2D eigenvalue weighted by molar-refractivity contribution is -0.385. The maximum atomic E-state index is 12.5. The van der Waals surface area contributed by atoms with Crippen LogP contribution in [0.15, 0.2) is 24.3 Å². The van der Waals surface area contributed by atoms with Crippen molar-refractivity contribution < 1.29 is 18.1 Å². The molecule has 0 spiro atoms. The second-order valence-electron chi connectivity index (χ2n) is 3.21. The molecule has 1 aromatic carbocycles. The maximum absolute atomic E-state index is 12.5. The fraction of sp³-hybridized carbons (Fsp3) is 0.200. The van der Waals surface area contributed by atoms with Gasteiger partial charge in [0, 0.05) is 18.7 Å². The van der Waals surface area contributed by atoms with Crippen molar-refractivity contribution in [3.05, 3.63) is 45.5 Å². The van der Waals surface area contributed by atoms with Gasteiger partial charge in [-0.25, -0.2) is 0 Å². The van der Waals surface area contributed by atoms with Gasteiger partial charge < -0.3 is 5.73 Å². The van der Waals surface area contributed by atoms with Crippen LogP contribution in [-0.4, -0.2) is 11.5 Å². The molecule has 7 heteroatoms. The number of non-ortho nitro benzene ring substituents is 1. The van der Waals surface area contributed by atoms with Crippen molar-refractivity contribution in [1.29, 1.82) is 0 Å². The molecule has 0 atom stereocenters. The van der Waals surface area contributed by atoms with Gasteiger partial charge in [0.1, 0.15) is 0 Å². The molecule has 0 aromatic heterocycles. The van der Waals surface area contributed by atoms with E-state index in [1.807, 2.05) is 0 Å². The fourth-order valence-electron chi connectivity index (χ4n) is 1.20. The van der Waals surface area contributed by atoms with Gasteiger partial charge in [-0.3, -0.25) is 10.1 Å². The summed E-state index contributed by atoms with van der Waals surface area (Å²) in [6.45, 7) is 0.143. The number of rotatable bonds is 3. The zero-order valence-electron chi connectivity index (χ0n) is 8.57. The molecule has 0 aliphatic carbocycles. The predicted molar refractivity (Wildman–Crippen MR) is 56.2 cm³/mol. The van der Waals surface area contributed by atoms with E-state index in [1.54, 1.807) is 0 Å². The van der Waals surface area contributed by atoms with Crippen molar-refractivity contribution in [2.75, 3.05) is 6.54 Å². The highest BCUT2D eigenvalue weighted by atomic mass is 19.4. The SMILES string of the molecule is NCC=Cc1cc([N+](=O)[O-])cc(C(F)(F)F)c1. The summed E-state index contributed by atoms with van der Waals surface area (Å²) in [5.41, 5.74) is 3.60. The first kappa shape index (κ1) is 13.2. The van der Waals surface area contributed by atoms with Gasteiger partial charge in [-0.15, -0.1) is 0 Å². The van der Waals surface area contributed by atoms with Gasteiger partial charge in [0.15, 0.2) is 0 Å². The van der Waals surface area contributed by atoms with Crippen LogP contribution in [0.3, 0.4) is 0 Å². The molecule has 0 fully saturated rings. The highest BCUT2D eigenvalue weighted by Crippen LogP contribution is 2.32. The number of nitro benzene ring substituents is 1. The second-order valence-corrected chi connectivity index (χ2v) is 3.21. The number of hydrogen-bond acceptors (Lipinski definition) is 3. The van der Waals surface area contributed by atoms with Gasteiger partial charge in [-0.2, -0.15) is 13.2 Å². The van der Waals surface area contributed by atoms with E-state index in [-0.39, 0.29) is 12.1 Å². The first-order chi connectivity index (χ1) is 7.84. The van der Waals surface area contributed by atoms with Gasteiger partial charge in [0.05, 0.1) is 10.5 Å². The third-order valence-electron chi connectivity index (χ3n) is 1.92. The van der Waals surface area contributed by atoms with Crippen molar-refractivity contribution in [3.8, 4) is 0 Å². The average Bonchev–Trinajstić information content (AvgIpc) is 2.24. The molecule has 0 radical (unpaired) electrons. The molecule has 0 unspecified atom stereocenters. The van der Waals surface area contributed by atoms with Gasteiger partial charge >= 0.3 is 6.18 Å². The van der Waals surface area contributed by atoms with Crippen LogP contribution < -0.4 is 5.73 Å². The van der Waals surface area contributed by atoms with E-state index < -0.39 is 22.4 Å². The van der Waals surface area contributed by atoms with Crippen LogP contribution in [0.25, 0.3) is 6.08 Å². The molecule has 0 amide bonds. The monoisotopic (exact) mass is 246 g/mol. The largest absolute Gasteiger partial charge is 0.416 e. The van der Waals surface area contributed by atoms with E-state index in [9.17, 15) is 23.3 Å². The quantitative estimate of drug-likeness (QED) is 0.658. The minimum absolute atomic E-state index is 0.0944. The molecule has 2 N–H and O–H groups in total. The number of benzene rings is 1. The summed E-state index contributed by atoms with van der Waals surface area (Å²) < 4.78 is 37.4. The van der Waals surface area contributed by atoms with Gasteiger partial charge in [0.25, 0.3) is 5.69 Å². The Bertz CT molecular complexity index is 455. The van der Waals surface area contributed by atoms with Crippen LogP contribution in [0.4, 0.5) is 18.9 Å². The molecule has 1 aromatic rings. The summed E-state index contributed by atoms with van der Waals surface area (Å²) in [4.78, 5) is 9.63. The van der Waals surface area contributed by atoms with Crippen molar-refractivity contribution in [2.24, 2.45) is 5.73 Å². The third-order valence-corrected chi connectivity index (χ3v) is 1.92. The number of nitrogens with two attached hydrogens (primary N) is 1. The summed E-state index contributed by atoms with van der Waals surface area (Å²) in [6, 6.07) is 2.39. The molecule has 0 aliphatic heterocycles. The number of nitro groups is 1. The summed E-state index contributed by atoms with van der Waals surface area (Å²) in [7, 11) is 0. The van der Waals surface area contributed by atoms with E-state index in [4.69, 9.17) is 5.73 Å². The standard InChI is InChI=1S/C10H9F3N2O2/c11-10(12,13)8-4-7(2-1-3-14)5-9(6-8)15(16)17/h1-2,4-6H,3,14H2. The Hall–Kier alpha value is -1.89. The number of hydrogen-bond donors (Lipinski definition) is 1. The molecule has 0 saturated heterocycles. The summed E-state index contributed by atoms with van der Waals surface area (Å²) in [5.74, 6) is 0. The van der Waals surface area contributed by atoms with Gasteiger partial charge in [-0.05, 0) is 11.6 Å². The molecule has 4 nitrogen and oxygen atoms in total. The van der Waals surface area contributed by atoms with E-state index in [2.05, 4.69) is 0 Å². The highest BCUT2D eigenvalue weighted by molar-refractivity contribution is 5.56. The molecule has 0 aliphatic rings. The van der Waals surface area contributed by atoms with Gasteiger partial charge in [-0.1, -0.05) is 12.2 Å². The molecule has 1 rings (SSSR count). The Labute approximate surface area is 94.7 Å². The zero-order chi connectivity index (χ0) is 13.1. The van der Waals surface area contributed by atoms with E-state index in [1.165, 1.54) is 12.2 Å². The Balaban J connectivity index is 3.29. The topological polar surface area (TPSA) is 69.2 Å². The molecule has 0 bridgehead atoms. The van der Waals surface area contributed by atoms with Crippen LogP contribution in [0, 0.1) is 10.1 Å². The maximum Gasteiger partial charge on any atom is 0.416 e. The first-order valence-electron chi connectivity index (χ1n) is 4.58. The number of nitrogens with zero attached hydrogens (tertiary/aromatic N) is 1. The van der Waals surface area contributed by atoms with Crippen LogP contribution in [0.5, 0.6) is 0 Å². The van der Waals surface area contributed by atoms with E-state index >= 15 is 0 Å². The van der Waals surface area contributed by atoms with E-state index in [0.29, 0.717) is 6.07 Å². The molecule has 0 saturated carbocycles. The normalized spacial score (nSPS) is 12.0. The summed E-state index contributed by atoms with van der Waals surface area (Å²) >= 11 is 0. The zero-order valence-corrected chi connectivity index (χ0v) is 8.57. The van der Waals surface area contributed by atoms with Crippen LogP contribution in [0.2, 0.25) is 0 Å². The van der Waals surface area contributed by atoms with Crippen molar-refractivity contribution in [1.82, 2.24) is 0 Å². The lowest BCUT2D eigenvalue weighted by Crippen LogP contribution is -2.06. The molecule has 92 valence electrons. The van der Waals surface area contributed by atoms with Crippen molar-refractivity contribution in [3.63, 3.8) is 0 Å². The lowest BCUT2D eigenvalue weighted by Gasteiger charge is -2.07. The fourth-order valence-corrected chi connectivity index (χ4v) is 1.20. The minimum Gasteiger partial charge on any atom is -0.327 e. The Morgan fingerprint density at radius 2 is 2.00 bits per heavy atom. The van der Waals surface area contributed by atoms with Crippen molar-refractivity contribution >= 4 is 11.8 Å². The minimum atomic E-state index is -4.61.